The zero-order valence-electron chi connectivity index (χ0n) is 15.7. The van der Waals surface area contributed by atoms with Gasteiger partial charge in [-0.1, -0.05) is 6.07 Å². The van der Waals surface area contributed by atoms with Crippen molar-refractivity contribution >= 4 is 23.2 Å². The van der Waals surface area contributed by atoms with Crippen LogP contribution in [0.3, 0.4) is 0 Å². The van der Waals surface area contributed by atoms with E-state index in [1.807, 2.05) is 25.3 Å². The van der Waals surface area contributed by atoms with Crippen LogP contribution in [0, 0.1) is 19.7 Å². The van der Waals surface area contributed by atoms with Crippen LogP contribution in [-0.2, 0) is 11.2 Å². The summed E-state index contributed by atoms with van der Waals surface area (Å²) in [5.41, 5.74) is 3.17. The maximum atomic E-state index is 13.1. The highest BCUT2D eigenvalue weighted by Gasteiger charge is 2.16. The Morgan fingerprint density at radius 2 is 1.82 bits per heavy atom. The number of hydrogen-bond donors (Lipinski definition) is 2. The van der Waals surface area contributed by atoms with E-state index in [4.69, 9.17) is 0 Å². The molecule has 0 spiro atoms. The molecule has 0 saturated carbocycles. The summed E-state index contributed by atoms with van der Waals surface area (Å²) in [6, 6.07) is 9.62. The Balaban J connectivity index is 1.54. The fraction of sp³-hybridized carbons (Fsp3) is 0.250. The van der Waals surface area contributed by atoms with Crippen molar-refractivity contribution in [2.24, 2.45) is 0 Å². The van der Waals surface area contributed by atoms with Crippen molar-refractivity contribution < 1.29 is 14.0 Å². The molecular weight excluding hydrogens is 379 g/mol. The first kappa shape index (κ1) is 19.8. The van der Waals surface area contributed by atoms with Gasteiger partial charge in [0.25, 0.3) is 5.91 Å². The van der Waals surface area contributed by atoms with E-state index in [0.29, 0.717) is 18.0 Å². The highest BCUT2D eigenvalue weighted by atomic mass is 32.1. The summed E-state index contributed by atoms with van der Waals surface area (Å²) >= 11 is 1.37. The highest BCUT2D eigenvalue weighted by Crippen LogP contribution is 2.18. The van der Waals surface area contributed by atoms with Crippen molar-refractivity contribution in [3.8, 4) is 5.69 Å². The second kappa shape index (κ2) is 8.79. The van der Waals surface area contributed by atoms with Gasteiger partial charge in [0.1, 0.15) is 5.82 Å². The third kappa shape index (κ3) is 4.64. The number of rotatable bonds is 7. The number of thiophene rings is 1. The standard InChI is InChI=1S/C20H21FN4O2S/c1-13-17(14(2)25(24-13)16-7-5-15(21)6-8-16)12-19(26)22-9-10-23-20(27)18-4-3-11-28-18/h3-8,11H,9-10,12H2,1-2H3,(H,22,26)(H,23,27). The summed E-state index contributed by atoms with van der Waals surface area (Å²) in [6.45, 7) is 4.43. The second-order valence-corrected chi connectivity index (χ2v) is 7.25. The molecule has 1 aromatic carbocycles. The zero-order chi connectivity index (χ0) is 20.1. The van der Waals surface area contributed by atoms with Crippen LogP contribution in [0.25, 0.3) is 5.69 Å². The number of amides is 2. The number of benzene rings is 1. The summed E-state index contributed by atoms with van der Waals surface area (Å²) in [6.07, 6.45) is 0.192. The highest BCUT2D eigenvalue weighted by molar-refractivity contribution is 7.12. The van der Waals surface area contributed by atoms with Crippen molar-refractivity contribution in [2.45, 2.75) is 20.3 Å². The molecule has 3 aromatic rings. The van der Waals surface area contributed by atoms with E-state index in [9.17, 15) is 14.0 Å². The molecule has 0 fully saturated rings. The number of aryl methyl sites for hydroxylation is 1. The maximum absolute atomic E-state index is 13.1. The third-order valence-electron chi connectivity index (χ3n) is 4.33. The Morgan fingerprint density at radius 3 is 2.50 bits per heavy atom. The largest absolute Gasteiger partial charge is 0.354 e. The van der Waals surface area contributed by atoms with Gasteiger partial charge in [-0.2, -0.15) is 5.10 Å². The van der Waals surface area contributed by atoms with Crippen molar-refractivity contribution in [1.29, 1.82) is 0 Å². The van der Waals surface area contributed by atoms with Crippen molar-refractivity contribution in [2.75, 3.05) is 13.1 Å². The summed E-state index contributed by atoms with van der Waals surface area (Å²) in [4.78, 5) is 24.8. The topological polar surface area (TPSA) is 76.0 Å². The van der Waals surface area contributed by atoms with Crippen LogP contribution in [0.4, 0.5) is 4.39 Å². The molecule has 0 bridgehead atoms. The van der Waals surface area contributed by atoms with Crippen LogP contribution in [0.5, 0.6) is 0 Å². The molecule has 2 aromatic heterocycles. The smallest absolute Gasteiger partial charge is 0.261 e. The molecule has 0 radical (unpaired) electrons. The minimum atomic E-state index is -0.309. The SMILES string of the molecule is Cc1nn(-c2ccc(F)cc2)c(C)c1CC(=O)NCCNC(=O)c1cccs1. The lowest BCUT2D eigenvalue weighted by Crippen LogP contribution is -2.35. The van der Waals surface area contributed by atoms with E-state index >= 15 is 0 Å². The lowest BCUT2D eigenvalue weighted by Gasteiger charge is -2.08. The fourth-order valence-electron chi connectivity index (χ4n) is 2.86. The Kier molecular flexibility index (Phi) is 6.20. The van der Waals surface area contributed by atoms with E-state index in [0.717, 1.165) is 22.6 Å². The fourth-order valence-corrected chi connectivity index (χ4v) is 3.50. The van der Waals surface area contributed by atoms with Crippen LogP contribution >= 0.6 is 11.3 Å². The van der Waals surface area contributed by atoms with Crippen molar-refractivity contribution in [1.82, 2.24) is 20.4 Å². The van der Waals surface area contributed by atoms with Crippen LogP contribution in [0.2, 0.25) is 0 Å². The first-order valence-electron chi connectivity index (χ1n) is 8.85. The normalized spacial score (nSPS) is 10.7. The van der Waals surface area contributed by atoms with Gasteiger partial charge in [-0.3, -0.25) is 9.59 Å². The predicted octanol–water partition coefficient (Wildman–Crippen LogP) is 2.78. The lowest BCUT2D eigenvalue weighted by molar-refractivity contribution is -0.120. The first-order chi connectivity index (χ1) is 13.5. The van der Waals surface area contributed by atoms with Gasteiger partial charge in [0.2, 0.25) is 5.91 Å². The number of aromatic nitrogens is 2. The first-order valence-corrected chi connectivity index (χ1v) is 9.73. The minimum absolute atomic E-state index is 0.142. The maximum Gasteiger partial charge on any atom is 0.261 e. The van der Waals surface area contributed by atoms with Crippen LogP contribution in [0.1, 0.15) is 26.6 Å². The molecule has 6 nitrogen and oxygen atoms in total. The van der Waals surface area contributed by atoms with Gasteiger partial charge in [0.05, 0.1) is 22.7 Å². The Morgan fingerprint density at radius 1 is 1.11 bits per heavy atom. The van der Waals surface area contributed by atoms with E-state index in [1.54, 1.807) is 22.9 Å². The Bertz CT molecular complexity index is 965. The number of carbonyl (C=O) groups is 2. The summed E-state index contributed by atoms with van der Waals surface area (Å²) in [5, 5.41) is 11.9. The lowest BCUT2D eigenvalue weighted by atomic mass is 10.1. The molecule has 0 saturated heterocycles. The summed E-state index contributed by atoms with van der Waals surface area (Å²) < 4.78 is 14.8. The van der Waals surface area contributed by atoms with Gasteiger partial charge in [-0.05, 0) is 49.6 Å². The molecular formula is C20H21FN4O2S. The molecule has 28 heavy (non-hydrogen) atoms. The van der Waals surface area contributed by atoms with Crippen molar-refractivity contribution in [3.05, 3.63) is 69.4 Å². The molecule has 0 unspecified atom stereocenters. The molecule has 8 heteroatoms. The molecule has 2 N–H and O–H groups in total. The molecule has 2 amide bonds. The summed E-state index contributed by atoms with van der Waals surface area (Å²) in [7, 11) is 0. The molecule has 0 aliphatic carbocycles. The van der Waals surface area contributed by atoms with E-state index in [1.165, 1.54) is 23.5 Å². The van der Waals surface area contributed by atoms with Gasteiger partial charge in [-0.15, -0.1) is 11.3 Å². The molecule has 3 rings (SSSR count). The Labute approximate surface area is 166 Å². The Hall–Kier alpha value is -3.00. The predicted molar refractivity (Wildman–Crippen MR) is 106 cm³/mol. The van der Waals surface area contributed by atoms with Gasteiger partial charge in [-0.25, -0.2) is 9.07 Å². The van der Waals surface area contributed by atoms with Crippen LogP contribution in [0.15, 0.2) is 41.8 Å². The number of hydrogen-bond acceptors (Lipinski definition) is 4. The van der Waals surface area contributed by atoms with Gasteiger partial charge >= 0.3 is 0 Å². The molecule has 0 aliphatic heterocycles. The average Bonchev–Trinajstić information content (AvgIpc) is 3.30. The summed E-state index contributed by atoms with van der Waals surface area (Å²) in [5.74, 6) is -0.595. The van der Waals surface area contributed by atoms with Gasteiger partial charge in [0, 0.05) is 24.3 Å². The monoisotopic (exact) mass is 400 g/mol. The molecule has 146 valence electrons. The number of nitrogens with zero attached hydrogens (tertiary/aromatic N) is 2. The molecule has 2 heterocycles. The average molecular weight is 400 g/mol. The minimum Gasteiger partial charge on any atom is -0.354 e. The number of nitrogens with one attached hydrogen (secondary N) is 2. The quantitative estimate of drug-likeness (QED) is 0.599. The van der Waals surface area contributed by atoms with E-state index in [2.05, 4.69) is 15.7 Å². The van der Waals surface area contributed by atoms with E-state index in [-0.39, 0.29) is 24.1 Å². The van der Waals surface area contributed by atoms with E-state index < -0.39 is 0 Å². The van der Waals surface area contributed by atoms with Crippen LogP contribution in [-0.4, -0.2) is 34.7 Å². The molecule has 0 atom stereocenters. The van der Waals surface area contributed by atoms with Crippen LogP contribution < -0.4 is 10.6 Å². The van der Waals surface area contributed by atoms with Gasteiger partial charge in [0.15, 0.2) is 0 Å². The number of halogens is 1. The number of carbonyl (C=O) groups excluding carboxylic acids is 2. The third-order valence-corrected chi connectivity index (χ3v) is 5.20. The zero-order valence-corrected chi connectivity index (χ0v) is 16.5. The van der Waals surface area contributed by atoms with Gasteiger partial charge < -0.3 is 10.6 Å². The second-order valence-electron chi connectivity index (χ2n) is 6.30. The molecule has 0 aliphatic rings. The van der Waals surface area contributed by atoms with Crippen molar-refractivity contribution in [3.63, 3.8) is 0 Å².